The van der Waals surface area contributed by atoms with E-state index in [0.29, 0.717) is 17.3 Å². The van der Waals surface area contributed by atoms with Crippen molar-refractivity contribution in [3.8, 4) is 6.07 Å². The van der Waals surface area contributed by atoms with E-state index in [1.54, 1.807) is 0 Å². The molecule has 1 aromatic rings. The fraction of sp³-hybridized carbons (Fsp3) is 0.545. The lowest BCUT2D eigenvalue weighted by atomic mass is 10.3. The zero-order valence-corrected chi connectivity index (χ0v) is 10.1. The Bertz CT molecular complexity index is 392. The van der Waals surface area contributed by atoms with Gasteiger partial charge in [0.15, 0.2) is 0 Å². The molecule has 0 aliphatic rings. The second-order valence-corrected chi connectivity index (χ2v) is 4.17. The van der Waals surface area contributed by atoms with Gasteiger partial charge in [-0.1, -0.05) is 0 Å². The van der Waals surface area contributed by atoms with Crippen molar-refractivity contribution < 1.29 is 0 Å². The summed E-state index contributed by atoms with van der Waals surface area (Å²) in [5, 5.41) is 15.1. The number of hydrogen-bond donors (Lipinski definition) is 2. The van der Waals surface area contributed by atoms with Crippen molar-refractivity contribution in [1.29, 1.82) is 5.26 Å². The Labute approximate surface area is 95.9 Å². The second-order valence-electron chi connectivity index (χ2n) is 4.17. The van der Waals surface area contributed by atoms with E-state index < -0.39 is 0 Å². The summed E-state index contributed by atoms with van der Waals surface area (Å²) in [5.74, 6) is 1.12. The highest BCUT2D eigenvalue weighted by molar-refractivity contribution is 5.53. The zero-order valence-electron chi connectivity index (χ0n) is 10.1. The Hall–Kier alpha value is -1.83. The maximum atomic E-state index is 8.91. The molecule has 16 heavy (non-hydrogen) atoms. The van der Waals surface area contributed by atoms with Crippen LogP contribution in [0.15, 0.2) is 6.20 Å². The molecular formula is C11H17N5. The van der Waals surface area contributed by atoms with E-state index in [-0.39, 0.29) is 12.1 Å². The Morgan fingerprint density at radius 2 is 1.81 bits per heavy atom. The van der Waals surface area contributed by atoms with Gasteiger partial charge in [-0.3, -0.25) is 0 Å². The van der Waals surface area contributed by atoms with Gasteiger partial charge >= 0.3 is 0 Å². The van der Waals surface area contributed by atoms with Crippen LogP contribution in [0.25, 0.3) is 0 Å². The maximum absolute atomic E-state index is 8.91. The van der Waals surface area contributed by atoms with Crippen LogP contribution in [0, 0.1) is 11.3 Å². The van der Waals surface area contributed by atoms with Gasteiger partial charge < -0.3 is 10.6 Å². The van der Waals surface area contributed by atoms with E-state index in [4.69, 9.17) is 5.26 Å². The number of anilines is 2. The zero-order chi connectivity index (χ0) is 12.1. The Balaban J connectivity index is 2.97. The molecule has 5 nitrogen and oxygen atoms in total. The molecule has 5 heteroatoms. The molecule has 0 aliphatic carbocycles. The summed E-state index contributed by atoms with van der Waals surface area (Å²) in [6, 6.07) is 2.56. The number of nitrogens with zero attached hydrogens (tertiary/aromatic N) is 3. The molecule has 0 saturated heterocycles. The molecule has 2 N–H and O–H groups in total. The molecule has 86 valence electrons. The maximum Gasteiger partial charge on any atom is 0.224 e. The average molecular weight is 219 g/mol. The Morgan fingerprint density at radius 3 is 2.31 bits per heavy atom. The van der Waals surface area contributed by atoms with Gasteiger partial charge in [-0.2, -0.15) is 10.2 Å². The van der Waals surface area contributed by atoms with E-state index in [1.807, 2.05) is 27.7 Å². The van der Waals surface area contributed by atoms with Gasteiger partial charge in [-0.15, -0.1) is 0 Å². The first kappa shape index (κ1) is 12.2. The molecule has 0 atom stereocenters. The minimum atomic E-state index is 0.230. The van der Waals surface area contributed by atoms with Gasteiger partial charge in [0.05, 0.1) is 6.20 Å². The van der Waals surface area contributed by atoms with Crippen molar-refractivity contribution in [1.82, 2.24) is 9.97 Å². The van der Waals surface area contributed by atoms with Crippen molar-refractivity contribution >= 4 is 11.8 Å². The summed E-state index contributed by atoms with van der Waals surface area (Å²) in [4.78, 5) is 8.34. The molecule has 1 aromatic heterocycles. The van der Waals surface area contributed by atoms with E-state index in [9.17, 15) is 0 Å². The van der Waals surface area contributed by atoms with Crippen LogP contribution in [-0.4, -0.2) is 22.1 Å². The van der Waals surface area contributed by atoms with Crippen LogP contribution >= 0.6 is 0 Å². The Kier molecular flexibility index (Phi) is 4.06. The number of nitrogens with one attached hydrogen (secondary N) is 2. The highest BCUT2D eigenvalue weighted by atomic mass is 15.2. The molecule has 0 radical (unpaired) electrons. The molecule has 0 aromatic carbocycles. The molecule has 0 fully saturated rings. The third-order valence-corrected chi connectivity index (χ3v) is 1.75. The largest absolute Gasteiger partial charge is 0.367 e. The Morgan fingerprint density at radius 1 is 1.19 bits per heavy atom. The van der Waals surface area contributed by atoms with Crippen LogP contribution in [-0.2, 0) is 0 Å². The predicted octanol–water partition coefficient (Wildman–Crippen LogP) is 1.99. The van der Waals surface area contributed by atoms with Gasteiger partial charge in [0.25, 0.3) is 0 Å². The molecule has 0 spiro atoms. The van der Waals surface area contributed by atoms with E-state index >= 15 is 0 Å². The molecule has 1 rings (SSSR count). The number of aromatic nitrogens is 2. The fourth-order valence-corrected chi connectivity index (χ4v) is 1.17. The van der Waals surface area contributed by atoms with Gasteiger partial charge in [-0.05, 0) is 27.7 Å². The first-order valence-electron chi connectivity index (χ1n) is 5.33. The minimum Gasteiger partial charge on any atom is -0.367 e. The van der Waals surface area contributed by atoms with Crippen LogP contribution < -0.4 is 10.6 Å². The van der Waals surface area contributed by atoms with Crippen molar-refractivity contribution in [2.75, 3.05) is 10.6 Å². The summed E-state index contributed by atoms with van der Waals surface area (Å²) in [6.07, 6.45) is 1.53. The number of rotatable bonds is 4. The van der Waals surface area contributed by atoms with Crippen LogP contribution in [0.1, 0.15) is 33.3 Å². The molecule has 0 bridgehead atoms. The summed E-state index contributed by atoms with van der Waals surface area (Å²) in [5.41, 5.74) is 0.461. The van der Waals surface area contributed by atoms with E-state index in [1.165, 1.54) is 6.20 Å². The molecule has 0 amide bonds. The number of nitriles is 1. The van der Waals surface area contributed by atoms with Crippen molar-refractivity contribution in [2.45, 2.75) is 39.8 Å². The molecular weight excluding hydrogens is 202 g/mol. The van der Waals surface area contributed by atoms with Gasteiger partial charge in [0.1, 0.15) is 17.5 Å². The number of hydrogen-bond acceptors (Lipinski definition) is 5. The van der Waals surface area contributed by atoms with Crippen LogP contribution in [0.4, 0.5) is 11.8 Å². The SMILES string of the molecule is CC(C)Nc1ncc(C#N)c(NC(C)C)n1. The van der Waals surface area contributed by atoms with Gasteiger partial charge in [-0.25, -0.2) is 4.98 Å². The van der Waals surface area contributed by atoms with E-state index in [2.05, 4.69) is 26.7 Å². The van der Waals surface area contributed by atoms with E-state index in [0.717, 1.165) is 0 Å². The standard InChI is InChI=1S/C11H17N5/c1-7(2)14-10-9(5-12)6-13-11(16-10)15-8(3)4/h6-8H,1-4H3,(H2,13,14,15,16). The van der Waals surface area contributed by atoms with Crippen LogP contribution in [0.3, 0.4) is 0 Å². The second kappa shape index (κ2) is 5.31. The summed E-state index contributed by atoms with van der Waals surface area (Å²) in [6.45, 7) is 8.02. The van der Waals surface area contributed by atoms with Gasteiger partial charge in [0, 0.05) is 12.1 Å². The summed E-state index contributed by atoms with van der Waals surface area (Å²) in [7, 11) is 0. The first-order valence-corrected chi connectivity index (χ1v) is 5.33. The highest BCUT2D eigenvalue weighted by Crippen LogP contribution is 2.14. The minimum absolute atomic E-state index is 0.230. The molecule has 1 heterocycles. The normalized spacial score (nSPS) is 10.3. The molecule has 0 unspecified atom stereocenters. The monoisotopic (exact) mass is 219 g/mol. The fourth-order valence-electron chi connectivity index (χ4n) is 1.17. The van der Waals surface area contributed by atoms with Crippen LogP contribution in [0.2, 0.25) is 0 Å². The lowest BCUT2D eigenvalue weighted by Gasteiger charge is -2.13. The smallest absolute Gasteiger partial charge is 0.224 e. The van der Waals surface area contributed by atoms with Crippen molar-refractivity contribution in [2.24, 2.45) is 0 Å². The molecule has 0 saturated carbocycles. The third-order valence-electron chi connectivity index (χ3n) is 1.75. The third kappa shape index (κ3) is 3.39. The average Bonchev–Trinajstić information content (AvgIpc) is 2.16. The van der Waals surface area contributed by atoms with Gasteiger partial charge in [0.2, 0.25) is 5.95 Å². The summed E-state index contributed by atoms with van der Waals surface area (Å²) < 4.78 is 0. The summed E-state index contributed by atoms with van der Waals surface area (Å²) >= 11 is 0. The lowest BCUT2D eigenvalue weighted by molar-refractivity contribution is 0.860. The van der Waals surface area contributed by atoms with Crippen LogP contribution in [0.5, 0.6) is 0 Å². The predicted molar refractivity (Wildman–Crippen MR) is 64.3 cm³/mol. The highest BCUT2D eigenvalue weighted by Gasteiger charge is 2.08. The first-order chi connectivity index (χ1) is 7.52. The van der Waals surface area contributed by atoms with Crippen molar-refractivity contribution in [3.63, 3.8) is 0 Å². The molecule has 0 aliphatic heterocycles. The quantitative estimate of drug-likeness (QED) is 0.810. The lowest BCUT2D eigenvalue weighted by Crippen LogP contribution is -2.16. The van der Waals surface area contributed by atoms with Crippen molar-refractivity contribution in [3.05, 3.63) is 11.8 Å². The topological polar surface area (TPSA) is 73.6 Å².